The fraction of sp³-hybridized carbons (Fsp3) is 0.179. The minimum absolute atomic E-state index is 0.00912. The molecule has 0 saturated carbocycles. The van der Waals surface area contributed by atoms with Crippen LogP contribution in [0.15, 0.2) is 66.2 Å². The van der Waals surface area contributed by atoms with E-state index >= 15 is 0 Å². The molecule has 1 amide bonds. The smallest absolute Gasteiger partial charge is 0.301 e. The van der Waals surface area contributed by atoms with Crippen molar-refractivity contribution in [2.45, 2.75) is 25.5 Å². The molecule has 186 valence electrons. The molecule has 2 aliphatic heterocycles. The number of methoxy groups -OCH3 is 1. The molecule has 0 spiro atoms. The van der Waals surface area contributed by atoms with Crippen LogP contribution in [-0.4, -0.2) is 35.0 Å². The van der Waals surface area contributed by atoms with E-state index in [0.29, 0.717) is 28.8 Å². The summed E-state index contributed by atoms with van der Waals surface area (Å²) in [6.07, 6.45) is 0.677. The number of halogens is 1. The van der Waals surface area contributed by atoms with E-state index in [0.717, 1.165) is 16.0 Å². The van der Waals surface area contributed by atoms with Gasteiger partial charge in [-0.05, 0) is 66.6 Å². The fourth-order valence-electron chi connectivity index (χ4n) is 4.84. The Morgan fingerprint density at radius 1 is 1.14 bits per heavy atom. The van der Waals surface area contributed by atoms with Gasteiger partial charge in [0.05, 0.1) is 28.9 Å². The zero-order valence-electron chi connectivity index (χ0n) is 19.9. The van der Waals surface area contributed by atoms with Crippen LogP contribution in [0.2, 0.25) is 0 Å². The third-order valence-electron chi connectivity index (χ3n) is 6.59. The third kappa shape index (κ3) is 3.82. The number of carbonyl (C=O) groups excluding carboxylic acids is 2. The van der Waals surface area contributed by atoms with Crippen LogP contribution in [0.1, 0.15) is 29.7 Å². The van der Waals surface area contributed by atoms with Crippen LogP contribution in [-0.2, 0) is 16.0 Å². The Labute approximate surface area is 215 Å². The number of benzene rings is 3. The Hall–Kier alpha value is -4.24. The van der Waals surface area contributed by atoms with E-state index in [4.69, 9.17) is 9.47 Å². The van der Waals surface area contributed by atoms with Gasteiger partial charge in [-0.15, -0.1) is 0 Å². The van der Waals surface area contributed by atoms with Gasteiger partial charge in [0.1, 0.15) is 29.2 Å². The molecule has 0 aliphatic carbocycles. The number of aromatic nitrogens is 1. The number of ether oxygens (including phenoxy) is 2. The number of fused-ring (bicyclic) bond motifs is 2. The molecule has 1 saturated heterocycles. The van der Waals surface area contributed by atoms with Gasteiger partial charge in [-0.1, -0.05) is 23.5 Å². The molecule has 3 aromatic carbocycles. The van der Waals surface area contributed by atoms with Crippen LogP contribution in [0, 0.1) is 5.82 Å². The van der Waals surface area contributed by atoms with Crippen molar-refractivity contribution in [3.05, 3.63) is 88.7 Å². The number of Topliss-reactive ketones (excluding diaryl/α,β-unsaturated/α-hetero) is 1. The zero-order valence-corrected chi connectivity index (χ0v) is 20.7. The molecule has 1 aromatic heterocycles. The van der Waals surface area contributed by atoms with E-state index in [2.05, 4.69) is 4.98 Å². The van der Waals surface area contributed by atoms with Crippen molar-refractivity contribution in [2.75, 3.05) is 12.0 Å². The van der Waals surface area contributed by atoms with Gasteiger partial charge in [-0.3, -0.25) is 14.5 Å². The summed E-state index contributed by atoms with van der Waals surface area (Å²) >= 11 is 1.22. The first-order valence-electron chi connectivity index (χ1n) is 11.6. The van der Waals surface area contributed by atoms with Gasteiger partial charge in [0.25, 0.3) is 5.78 Å². The second-order valence-corrected chi connectivity index (χ2v) is 10.0. The average molecular weight is 517 g/mol. The van der Waals surface area contributed by atoms with Crippen molar-refractivity contribution in [1.29, 1.82) is 0 Å². The summed E-state index contributed by atoms with van der Waals surface area (Å²) in [4.78, 5) is 32.7. The quantitative estimate of drug-likeness (QED) is 0.222. The lowest BCUT2D eigenvalue weighted by Crippen LogP contribution is -2.29. The first-order valence-corrected chi connectivity index (χ1v) is 12.5. The van der Waals surface area contributed by atoms with Crippen LogP contribution in [0.25, 0.3) is 16.0 Å². The molecule has 4 aromatic rings. The van der Waals surface area contributed by atoms with Gasteiger partial charge in [-0.2, -0.15) is 0 Å². The van der Waals surface area contributed by atoms with E-state index in [9.17, 15) is 19.1 Å². The van der Waals surface area contributed by atoms with Crippen LogP contribution in [0.3, 0.4) is 0 Å². The van der Waals surface area contributed by atoms with Crippen molar-refractivity contribution >= 4 is 44.1 Å². The van der Waals surface area contributed by atoms with Crippen LogP contribution < -0.4 is 14.4 Å². The standard InChI is InChI=1S/C28H21FN2O5S/c1-14-11-17-12-16(5-10-21(17)36-14)25(32)23-24(15-3-6-18(29)7-4-15)31(27(34)26(23)33)28-30-20-9-8-19(35-2)13-22(20)37-28/h3-10,12-14,24,32H,11H2,1-2H3. The highest BCUT2D eigenvalue weighted by atomic mass is 32.1. The predicted molar refractivity (Wildman–Crippen MR) is 138 cm³/mol. The van der Waals surface area contributed by atoms with Gasteiger partial charge < -0.3 is 14.6 Å². The van der Waals surface area contributed by atoms with Gasteiger partial charge in [0.15, 0.2) is 5.13 Å². The lowest BCUT2D eigenvalue weighted by atomic mass is 9.94. The molecule has 1 N–H and O–H groups in total. The number of ketones is 1. The number of amides is 1. The third-order valence-corrected chi connectivity index (χ3v) is 7.61. The highest BCUT2D eigenvalue weighted by molar-refractivity contribution is 7.22. The lowest BCUT2D eigenvalue weighted by molar-refractivity contribution is -0.132. The predicted octanol–water partition coefficient (Wildman–Crippen LogP) is 5.39. The molecular formula is C28H21FN2O5S. The van der Waals surface area contributed by atoms with Crippen LogP contribution in [0.4, 0.5) is 9.52 Å². The highest BCUT2D eigenvalue weighted by Gasteiger charge is 2.48. The largest absolute Gasteiger partial charge is 0.507 e. The number of hydrogen-bond acceptors (Lipinski definition) is 7. The molecule has 0 bridgehead atoms. The normalized spacial score (nSPS) is 20.4. The summed E-state index contributed by atoms with van der Waals surface area (Å²) in [6.45, 7) is 1.95. The van der Waals surface area contributed by atoms with Crippen molar-refractivity contribution in [2.24, 2.45) is 0 Å². The number of thiazole rings is 1. The number of aliphatic hydroxyl groups excluding tert-OH is 1. The van der Waals surface area contributed by atoms with E-state index in [1.54, 1.807) is 43.5 Å². The summed E-state index contributed by atoms with van der Waals surface area (Å²) in [5.74, 6) is -1.06. The average Bonchev–Trinajstić information content (AvgIpc) is 3.55. The summed E-state index contributed by atoms with van der Waals surface area (Å²) in [5.41, 5.74) is 2.32. The maximum Gasteiger partial charge on any atom is 0.301 e. The van der Waals surface area contributed by atoms with Crippen molar-refractivity contribution in [3.63, 3.8) is 0 Å². The molecule has 7 nitrogen and oxygen atoms in total. The van der Waals surface area contributed by atoms with Gasteiger partial charge >= 0.3 is 5.91 Å². The monoisotopic (exact) mass is 516 g/mol. The van der Waals surface area contributed by atoms with Crippen LogP contribution in [0.5, 0.6) is 11.5 Å². The first kappa shape index (κ1) is 23.2. The Bertz CT molecular complexity index is 1610. The van der Waals surface area contributed by atoms with E-state index in [-0.39, 0.29) is 22.6 Å². The number of nitrogens with zero attached hydrogens (tertiary/aromatic N) is 2. The van der Waals surface area contributed by atoms with Crippen molar-refractivity contribution < 1.29 is 28.6 Å². The molecule has 0 radical (unpaired) electrons. The minimum atomic E-state index is -0.994. The summed E-state index contributed by atoms with van der Waals surface area (Å²) in [6, 6.07) is 15.0. The molecule has 37 heavy (non-hydrogen) atoms. The summed E-state index contributed by atoms with van der Waals surface area (Å²) in [7, 11) is 1.56. The number of carbonyl (C=O) groups is 2. The molecule has 6 rings (SSSR count). The summed E-state index contributed by atoms with van der Waals surface area (Å²) < 4.78 is 25.6. The maximum atomic E-state index is 13.8. The van der Waals surface area contributed by atoms with E-state index < -0.39 is 23.5 Å². The van der Waals surface area contributed by atoms with Crippen molar-refractivity contribution in [1.82, 2.24) is 4.98 Å². The van der Waals surface area contributed by atoms with E-state index in [1.165, 1.54) is 40.5 Å². The lowest BCUT2D eigenvalue weighted by Gasteiger charge is -2.23. The molecule has 2 unspecified atom stereocenters. The molecule has 2 atom stereocenters. The fourth-order valence-corrected chi connectivity index (χ4v) is 5.86. The SMILES string of the molecule is COc1ccc2nc(N3C(=O)C(=O)C(=C(O)c4ccc5c(c4)CC(C)O5)C3c3ccc(F)cc3)sc2c1. The number of rotatable bonds is 4. The number of hydrogen-bond donors (Lipinski definition) is 1. The minimum Gasteiger partial charge on any atom is -0.507 e. The van der Waals surface area contributed by atoms with Crippen molar-refractivity contribution in [3.8, 4) is 11.5 Å². The Morgan fingerprint density at radius 2 is 1.92 bits per heavy atom. The molecule has 2 aliphatic rings. The molecule has 9 heteroatoms. The van der Waals surface area contributed by atoms with E-state index in [1.807, 2.05) is 6.92 Å². The Balaban J connectivity index is 1.52. The number of anilines is 1. The van der Waals surface area contributed by atoms with Crippen LogP contribution >= 0.6 is 11.3 Å². The van der Waals surface area contributed by atoms with Gasteiger partial charge in [0.2, 0.25) is 0 Å². The maximum absolute atomic E-state index is 13.8. The Kier molecular flexibility index (Phi) is 5.45. The second-order valence-electron chi connectivity index (χ2n) is 9.01. The zero-order chi connectivity index (χ0) is 25.8. The topological polar surface area (TPSA) is 89.0 Å². The molecular weight excluding hydrogens is 495 g/mol. The van der Waals surface area contributed by atoms with Gasteiger partial charge in [0, 0.05) is 12.0 Å². The van der Waals surface area contributed by atoms with Gasteiger partial charge in [-0.25, -0.2) is 9.37 Å². The Morgan fingerprint density at radius 3 is 2.68 bits per heavy atom. The second kappa shape index (κ2) is 8.70. The molecule has 3 heterocycles. The first-order chi connectivity index (χ1) is 17.8. The number of aliphatic hydroxyl groups is 1. The molecule has 1 fully saturated rings. The summed E-state index contributed by atoms with van der Waals surface area (Å²) in [5, 5.41) is 11.7. The highest BCUT2D eigenvalue weighted by Crippen LogP contribution is 2.45.